The summed E-state index contributed by atoms with van der Waals surface area (Å²) in [5, 5.41) is 0.960. The van der Waals surface area contributed by atoms with Gasteiger partial charge in [-0.15, -0.1) is 0 Å². The molecule has 26 heavy (non-hydrogen) atoms. The molecule has 0 saturated heterocycles. The van der Waals surface area contributed by atoms with Crippen LogP contribution in [0.3, 0.4) is 0 Å². The van der Waals surface area contributed by atoms with Crippen LogP contribution in [-0.4, -0.2) is 24.5 Å². The summed E-state index contributed by atoms with van der Waals surface area (Å²) in [7, 11) is 0. The Morgan fingerprint density at radius 2 is 2.15 bits per heavy atom. The normalized spacial score (nSPS) is 20.3. The first-order valence-corrected chi connectivity index (χ1v) is 9.27. The number of hydrogen-bond acceptors (Lipinski definition) is 4. The smallest absolute Gasteiger partial charge is 0.145 e. The lowest BCUT2D eigenvalue weighted by Crippen LogP contribution is -2.06. The van der Waals surface area contributed by atoms with Crippen molar-refractivity contribution >= 4 is 27.9 Å². The SMILES string of the molecule is Nc1ncnc2c1ccn2C1CCC(CCc2cc3ncccc3[nH]2)C1. The van der Waals surface area contributed by atoms with Gasteiger partial charge in [-0.25, -0.2) is 9.97 Å². The monoisotopic (exact) mass is 346 g/mol. The maximum atomic E-state index is 5.97. The molecular weight excluding hydrogens is 324 g/mol. The summed E-state index contributed by atoms with van der Waals surface area (Å²) in [5.41, 5.74) is 10.4. The number of aromatic nitrogens is 5. The van der Waals surface area contributed by atoms with Crippen molar-refractivity contribution in [1.82, 2.24) is 24.5 Å². The third kappa shape index (κ3) is 2.62. The highest BCUT2D eigenvalue weighted by molar-refractivity contribution is 5.86. The van der Waals surface area contributed by atoms with Gasteiger partial charge in [0, 0.05) is 24.1 Å². The molecule has 0 aromatic carbocycles. The first kappa shape index (κ1) is 15.4. The standard InChI is InChI=1S/C20H22N6/c21-19-16-7-9-26(20(16)24-12-23-19)15-6-4-13(10-15)3-5-14-11-18-17(25-14)2-1-8-22-18/h1-2,7-9,11-13,15,25H,3-6,10H2,(H2,21,23,24). The van der Waals surface area contributed by atoms with Crippen molar-refractivity contribution < 1.29 is 0 Å². The summed E-state index contributed by atoms with van der Waals surface area (Å²) in [6.07, 6.45) is 11.5. The number of fused-ring (bicyclic) bond motifs is 2. The Hall–Kier alpha value is -2.89. The largest absolute Gasteiger partial charge is 0.383 e. The lowest BCUT2D eigenvalue weighted by atomic mass is 10.0. The number of nitrogens with two attached hydrogens (primary N) is 1. The summed E-state index contributed by atoms with van der Waals surface area (Å²) in [6.45, 7) is 0. The van der Waals surface area contributed by atoms with Crippen LogP contribution < -0.4 is 5.73 Å². The highest BCUT2D eigenvalue weighted by atomic mass is 15.1. The van der Waals surface area contributed by atoms with E-state index in [1.807, 2.05) is 18.3 Å². The third-order valence-corrected chi connectivity index (χ3v) is 5.71. The third-order valence-electron chi connectivity index (χ3n) is 5.71. The molecule has 6 nitrogen and oxygen atoms in total. The molecule has 0 amide bonds. The highest BCUT2D eigenvalue weighted by Gasteiger charge is 2.27. The van der Waals surface area contributed by atoms with Crippen LogP contribution in [0.2, 0.25) is 0 Å². The quantitative estimate of drug-likeness (QED) is 0.587. The minimum Gasteiger partial charge on any atom is -0.383 e. The maximum Gasteiger partial charge on any atom is 0.145 e. The van der Waals surface area contributed by atoms with E-state index in [9.17, 15) is 0 Å². The van der Waals surface area contributed by atoms with Gasteiger partial charge in [0.25, 0.3) is 0 Å². The van der Waals surface area contributed by atoms with E-state index in [-0.39, 0.29) is 0 Å². The van der Waals surface area contributed by atoms with Crippen LogP contribution in [0.1, 0.15) is 37.4 Å². The van der Waals surface area contributed by atoms with Gasteiger partial charge >= 0.3 is 0 Å². The molecule has 1 aliphatic carbocycles. The number of H-pyrrole nitrogens is 1. The van der Waals surface area contributed by atoms with Crippen LogP contribution in [0.5, 0.6) is 0 Å². The molecule has 0 spiro atoms. The van der Waals surface area contributed by atoms with E-state index in [4.69, 9.17) is 5.73 Å². The second-order valence-electron chi connectivity index (χ2n) is 7.32. The maximum absolute atomic E-state index is 5.97. The van der Waals surface area contributed by atoms with E-state index in [1.165, 1.54) is 31.4 Å². The van der Waals surface area contributed by atoms with Crippen molar-refractivity contribution in [2.24, 2.45) is 5.92 Å². The number of pyridine rings is 1. The van der Waals surface area contributed by atoms with Gasteiger partial charge in [0.2, 0.25) is 0 Å². The Balaban J connectivity index is 1.27. The van der Waals surface area contributed by atoms with Crippen LogP contribution in [0.4, 0.5) is 5.82 Å². The minimum absolute atomic E-state index is 0.510. The van der Waals surface area contributed by atoms with Crippen LogP contribution in [0, 0.1) is 5.92 Å². The van der Waals surface area contributed by atoms with E-state index in [1.54, 1.807) is 6.33 Å². The average Bonchev–Trinajstić information content (AvgIpc) is 3.37. The van der Waals surface area contributed by atoms with Crippen molar-refractivity contribution in [3.05, 3.63) is 48.7 Å². The molecule has 5 rings (SSSR count). The van der Waals surface area contributed by atoms with Gasteiger partial charge in [-0.05, 0) is 62.3 Å². The molecule has 4 heterocycles. The average molecular weight is 346 g/mol. The number of nitrogen functional groups attached to an aromatic ring is 1. The number of hydrogen-bond donors (Lipinski definition) is 2. The van der Waals surface area contributed by atoms with Gasteiger partial charge in [0.1, 0.15) is 17.8 Å². The lowest BCUT2D eigenvalue weighted by Gasteiger charge is -2.14. The zero-order valence-corrected chi connectivity index (χ0v) is 14.6. The number of nitrogens with one attached hydrogen (secondary N) is 1. The fourth-order valence-electron chi connectivity index (χ4n) is 4.36. The Kier molecular flexibility index (Phi) is 3.62. The summed E-state index contributed by atoms with van der Waals surface area (Å²) in [6, 6.07) is 8.79. The molecule has 1 fully saturated rings. The molecule has 4 aromatic heterocycles. The first-order valence-electron chi connectivity index (χ1n) is 9.27. The van der Waals surface area contributed by atoms with Crippen LogP contribution in [-0.2, 0) is 6.42 Å². The number of aryl methyl sites for hydroxylation is 1. The van der Waals surface area contributed by atoms with Crippen molar-refractivity contribution in [1.29, 1.82) is 0 Å². The van der Waals surface area contributed by atoms with E-state index in [0.717, 1.165) is 34.4 Å². The molecule has 2 unspecified atom stereocenters. The van der Waals surface area contributed by atoms with E-state index >= 15 is 0 Å². The van der Waals surface area contributed by atoms with Crippen molar-refractivity contribution in [2.75, 3.05) is 5.73 Å². The van der Waals surface area contributed by atoms with Gasteiger partial charge in [-0.2, -0.15) is 0 Å². The number of aromatic amines is 1. The molecule has 6 heteroatoms. The molecule has 1 saturated carbocycles. The van der Waals surface area contributed by atoms with Crippen molar-refractivity contribution in [3.63, 3.8) is 0 Å². The molecule has 132 valence electrons. The van der Waals surface area contributed by atoms with E-state index in [2.05, 4.69) is 42.8 Å². The molecule has 0 aliphatic heterocycles. The van der Waals surface area contributed by atoms with Gasteiger partial charge < -0.3 is 15.3 Å². The number of nitrogens with zero attached hydrogens (tertiary/aromatic N) is 4. The molecule has 3 N–H and O–H groups in total. The van der Waals surface area contributed by atoms with Gasteiger partial charge in [-0.1, -0.05) is 0 Å². The zero-order chi connectivity index (χ0) is 17.5. The molecular formula is C20H22N6. The second-order valence-corrected chi connectivity index (χ2v) is 7.32. The van der Waals surface area contributed by atoms with Gasteiger partial charge in [0.05, 0.1) is 16.4 Å². The fourth-order valence-corrected chi connectivity index (χ4v) is 4.36. The zero-order valence-electron chi connectivity index (χ0n) is 14.6. The molecule has 2 atom stereocenters. The summed E-state index contributed by atoms with van der Waals surface area (Å²) >= 11 is 0. The molecule has 0 bridgehead atoms. The molecule has 0 radical (unpaired) electrons. The number of rotatable bonds is 4. The molecule has 4 aromatic rings. The lowest BCUT2D eigenvalue weighted by molar-refractivity contribution is 0.460. The first-order chi connectivity index (χ1) is 12.8. The minimum atomic E-state index is 0.510. The van der Waals surface area contributed by atoms with Gasteiger partial charge in [0.15, 0.2) is 0 Å². The molecule has 1 aliphatic rings. The summed E-state index contributed by atoms with van der Waals surface area (Å²) < 4.78 is 2.29. The van der Waals surface area contributed by atoms with E-state index in [0.29, 0.717) is 11.9 Å². The predicted molar refractivity (Wildman–Crippen MR) is 103 cm³/mol. The van der Waals surface area contributed by atoms with Crippen LogP contribution >= 0.6 is 0 Å². The Bertz CT molecular complexity index is 1030. The van der Waals surface area contributed by atoms with Crippen molar-refractivity contribution in [2.45, 2.75) is 38.1 Å². The Morgan fingerprint density at radius 1 is 1.19 bits per heavy atom. The Morgan fingerprint density at radius 3 is 3.08 bits per heavy atom. The van der Waals surface area contributed by atoms with E-state index < -0.39 is 0 Å². The van der Waals surface area contributed by atoms with Gasteiger partial charge in [-0.3, -0.25) is 4.98 Å². The second kappa shape index (κ2) is 6.12. The van der Waals surface area contributed by atoms with Crippen LogP contribution in [0.15, 0.2) is 43.0 Å². The Labute approximate surface area is 151 Å². The van der Waals surface area contributed by atoms with Crippen molar-refractivity contribution in [3.8, 4) is 0 Å². The summed E-state index contributed by atoms with van der Waals surface area (Å²) in [4.78, 5) is 16.4. The van der Waals surface area contributed by atoms with Crippen LogP contribution in [0.25, 0.3) is 22.1 Å². The number of anilines is 1. The predicted octanol–water partition coefficient (Wildman–Crippen LogP) is 3.86. The topological polar surface area (TPSA) is 85.4 Å². The summed E-state index contributed by atoms with van der Waals surface area (Å²) in [5.74, 6) is 1.31. The fraction of sp³-hybridized carbons (Fsp3) is 0.350. The highest BCUT2D eigenvalue weighted by Crippen LogP contribution is 2.38.